The summed E-state index contributed by atoms with van der Waals surface area (Å²) >= 11 is 6.24. The van der Waals surface area contributed by atoms with Crippen LogP contribution in [0.2, 0.25) is 5.02 Å². The zero-order valence-corrected chi connectivity index (χ0v) is 19.0. The molecule has 0 aliphatic heterocycles. The minimum Gasteiger partial charge on any atom is -0.278 e. The van der Waals surface area contributed by atoms with Crippen LogP contribution in [0.3, 0.4) is 0 Å². The molecule has 4 aromatic rings. The second-order valence-electron chi connectivity index (χ2n) is 7.56. The van der Waals surface area contributed by atoms with Crippen molar-refractivity contribution in [2.45, 2.75) is 5.92 Å². The van der Waals surface area contributed by atoms with E-state index in [1.165, 1.54) is 6.07 Å². The van der Waals surface area contributed by atoms with Gasteiger partial charge in [0.05, 0.1) is 33.2 Å². The van der Waals surface area contributed by atoms with Crippen LogP contribution in [0.1, 0.15) is 22.6 Å². The van der Waals surface area contributed by atoms with Crippen LogP contribution in [0, 0.1) is 20.2 Å². The normalized spacial score (nSPS) is 12.1. The highest BCUT2D eigenvalue weighted by atomic mass is 35.5. The lowest BCUT2D eigenvalue weighted by Crippen LogP contribution is -2.19. The molecule has 0 fully saturated rings. The molecular formula is C26H19ClN4O4. The summed E-state index contributed by atoms with van der Waals surface area (Å²) in [5, 5.41) is 28.0. The van der Waals surface area contributed by atoms with E-state index in [-0.39, 0.29) is 10.6 Å². The van der Waals surface area contributed by atoms with E-state index in [0.29, 0.717) is 16.8 Å². The molecule has 0 heterocycles. The molecular weight excluding hydrogens is 468 g/mol. The number of hydrogen-bond acceptors (Lipinski definition) is 6. The van der Waals surface area contributed by atoms with Crippen LogP contribution in [0.25, 0.3) is 0 Å². The molecule has 0 amide bonds. The molecule has 9 heteroatoms. The number of halogens is 1. The number of hydrazone groups is 1. The van der Waals surface area contributed by atoms with E-state index >= 15 is 0 Å². The van der Waals surface area contributed by atoms with Crippen LogP contribution < -0.4 is 5.43 Å². The third kappa shape index (κ3) is 5.34. The van der Waals surface area contributed by atoms with Crippen molar-refractivity contribution in [2.75, 3.05) is 5.43 Å². The molecule has 0 aromatic heterocycles. The molecule has 0 saturated carbocycles. The van der Waals surface area contributed by atoms with E-state index in [4.69, 9.17) is 11.6 Å². The quantitative estimate of drug-likeness (QED) is 0.167. The minimum atomic E-state index is -0.756. The first-order valence-corrected chi connectivity index (χ1v) is 10.9. The highest BCUT2D eigenvalue weighted by molar-refractivity contribution is 6.33. The number of nitro groups is 2. The van der Waals surface area contributed by atoms with Crippen LogP contribution in [-0.2, 0) is 0 Å². The van der Waals surface area contributed by atoms with Gasteiger partial charge in [0, 0.05) is 5.56 Å². The summed E-state index contributed by atoms with van der Waals surface area (Å²) < 4.78 is 0. The van der Waals surface area contributed by atoms with E-state index in [9.17, 15) is 20.2 Å². The van der Waals surface area contributed by atoms with E-state index in [1.807, 2.05) is 91.0 Å². The molecule has 1 unspecified atom stereocenters. The van der Waals surface area contributed by atoms with Gasteiger partial charge in [-0.15, -0.1) is 0 Å². The number of nitrogens with one attached hydrogen (secondary N) is 1. The van der Waals surface area contributed by atoms with Crippen molar-refractivity contribution >= 4 is 34.4 Å². The van der Waals surface area contributed by atoms with Gasteiger partial charge in [-0.2, -0.15) is 5.10 Å². The summed E-state index contributed by atoms with van der Waals surface area (Å²) in [5.74, 6) is -0.756. The fourth-order valence-corrected chi connectivity index (χ4v) is 4.01. The van der Waals surface area contributed by atoms with E-state index in [0.717, 1.165) is 11.8 Å². The van der Waals surface area contributed by atoms with Gasteiger partial charge in [-0.25, -0.2) is 0 Å². The molecule has 8 nitrogen and oxygen atoms in total. The highest BCUT2D eigenvalue weighted by Crippen LogP contribution is 2.40. The Labute approximate surface area is 205 Å². The van der Waals surface area contributed by atoms with E-state index in [2.05, 4.69) is 10.5 Å². The Kier molecular flexibility index (Phi) is 7.13. The third-order valence-electron chi connectivity index (χ3n) is 5.36. The summed E-state index contributed by atoms with van der Waals surface area (Å²) in [6, 6.07) is 29.8. The first-order chi connectivity index (χ1) is 17.0. The number of nitrogens with zero attached hydrogens (tertiary/aromatic N) is 3. The standard InChI is InChI=1S/C26H19ClN4O4/c27-22-16-21(23(30(32)33)17-24(22)31(34)35)25(18-10-4-1-5-11-18)26(19-12-6-2-7-13-19)29-28-20-14-8-3-9-15-20/h1-17,25,28H/b29-26+. The van der Waals surface area contributed by atoms with Crippen molar-refractivity contribution in [2.24, 2.45) is 5.10 Å². The first kappa shape index (κ1) is 23.6. The van der Waals surface area contributed by atoms with Crippen LogP contribution >= 0.6 is 11.6 Å². The van der Waals surface area contributed by atoms with Crippen LogP contribution in [0.4, 0.5) is 17.1 Å². The predicted octanol–water partition coefficient (Wildman–Crippen LogP) is 6.80. The fourth-order valence-electron chi connectivity index (χ4n) is 3.77. The molecule has 1 atom stereocenters. The highest BCUT2D eigenvalue weighted by Gasteiger charge is 2.32. The Hall–Kier alpha value is -4.56. The Morgan fingerprint density at radius 2 is 1.31 bits per heavy atom. The molecule has 0 spiro atoms. The maximum Gasteiger partial charge on any atom is 0.294 e. The molecule has 174 valence electrons. The van der Waals surface area contributed by atoms with Crippen LogP contribution in [-0.4, -0.2) is 15.6 Å². The topological polar surface area (TPSA) is 111 Å². The monoisotopic (exact) mass is 486 g/mol. The molecule has 35 heavy (non-hydrogen) atoms. The zero-order chi connectivity index (χ0) is 24.8. The second kappa shape index (κ2) is 10.6. The van der Waals surface area contributed by atoms with Gasteiger partial charge in [0.1, 0.15) is 5.02 Å². The molecule has 1 N–H and O–H groups in total. The Morgan fingerprint density at radius 3 is 1.89 bits per heavy atom. The molecule has 0 radical (unpaired) electrons. The van der Waals surface area contributed by atoms with Gasteiger partial charge < -0.3 is 0 Å². The average molecular weight is 487 g/mol. The molecule has 0 aliphatic rings. The number of hydrogen-bond donors (Lipinski definition) is 1. The van der Waals surface area contributed by atoms with Crippen molar-refractivity contribution in [1.29, 1.82) is 0 Å². The van der Waals surface area contributed by atoms with Crippen molar-refractivity contribution in [3.8, 4) is 0 Å². The number of para-hydroxylation sites is 1. The summed E-state index contributed by atoms with van der Waals surface area (Å²) in [6.07, 6.45) is 0. The van der Waals surface area contributed by atoms with Gasteiger partial charge in [-0.3, -0.25) is 25.7 Å². The van der Waals surface area contributed by atoms with Gasteiger partial charge in [-0.1, -0.05) is 90.5 Å². The largest absolute Gasteiger partial charge is 0.294 e. The van der Waals surface area contributed by atoms with Gasteiger partial charge >= 0.3 is 0 Å². The van der Waals surface area contributed by atoms with Crippen molar-refractivity contribution in [3.63, 3.8) is 0 Å². The summed E-state index contributed by atoms with van der Waals surface area (Å²) in [7, 11) is 0. The lowest BCUT2D eigenvalue weighted by atomic mass is 9.83. The molecule has 4 aromatic carbocycles. The summed E-state index contributed by atoms with van der Waals surface area (Å²) in [4.78, 5) is 22.1. The predicted molar refractivity (Wildman–Crippen MR) is 136 cm³/mol. The minimum absolute atomic E-state index is 0.189. The molecule has 4 rings (SSSR count). The van der Waals surface area contributed by atoms with E-state index in [1.54, 1.807) is 0 Å². The number of benzene rings is 4. The zero-order valence-electron chi connectivity index (χ0n) is 18.2. The van der Waals surface area contributed by atoms with Gasteiger partial charge in [0.15, 0.2) is 0 Å². The number of anilines is 1. The summed E-state index contributed by atoms with van der Waals surface area (Å²) in [6.45, 7) is 0. The fraction of sp³-hybridized carbons (Fsp3) is 0.0385. The molecule has 0 bridgehead atoms. The van der Waals surface area contributed by atoms with Crippen molar-refractivity contribution < 1.29 is 9.85 Å². The maximum absolute atomic E-state index is 12.1. The number of nitro benzene ring substituents is 2. The van der Waals surface area contributed by atoms with Crippen LogP contribution in [0.15, 0.2) is 108 Å². The molecule has 0 aliphatic carbocycles. The number of rotatable bonds is 8. The summed E-state index contributed by atoms with van der Waals surface area (Å²) in [5.41, 5.74) is 4.90. The van der Waals surface area contributed by atoms with E-state index < -0.39 is 27.1 Å². The molecule has 0 saturated heterocycles. The van der Waals surface area contributed by atoms with Gasteiger partial charge in [0.25, 0.3) is 11.4 Å². The van der Waals surface area contributed by atoms with Gasteiger partial charge in [-0.05, 0) is 29.3 Å². The Bertz CT molecular complexity index is 1380. The van der Waals surface area contributed by atoms with Crippen LogP contribution in [0.5, 0.6) is 0 Å². The Balaban J connectivity index is 1.99. The van der Waals surface area contributed by atoms with Gasteiger partial charge in [0.2, 0.25) is 0 Å². The maximum atomic E-state index is 12.1. The SMILES string of the molecule is O=[N+]([O-])c1cc([N+](=O)[O-])c(C(/C(=N/Nc2ccccc2)c2ccccc2)c2ccccc2)cc1Cl. The van der Waals surface area contributed by atoms with Crippen molar-refractivity contribution in [3.05, 3.63) is 145 Å². The smallest absolute Gasteiger partial charge is 0.278 e. The Morgan fingerprint density at radius 1 is 0.771 bits per heavy atom. The average Bonchev–Trinajstić information content (AvgIpc) is 2.87. The van der Waals surface area contributed by atoms with Crippen molar-refractivity contribution in [1.82, 2.24) is 0 Å². The second-order valence-corrected chi connectivity index (χ2v) is 7.97. The lowest BCUT2D eigenvalue weighted by molar-refractivity contribution is -0.394. The third-order valence-corrected chi connectivity index (χ3v) is 5.66. The lowest BCUT2D eigenvalue weighted by Gasteiger charge is -2.21. The first-order valence-electron chi connectivity index (χ1n) is 10.6.